The number of halogens is 2. The number of benzene rings is 1. The van der Waals surface area contributed by atoms with Crippen molar-refractivity contribution in [1.82, 2.24) is 15.0 Å². The molecule has 0 saturated carbocycles. The van der Waals surface area contributed by atoms with E-state index < -0.39 is 0 Å². The van der Waals surface area contributed by atoms with E-state index in [1.807, 2.05) is 12.1 Å². The minimum Gasteiger partial charge on any atom is -0.481 e. The number of hydrogen-bond donors (Lipinski definition) is 1. The second kappa shape index (κ2) is 8.88. The molecule has 0 spiro atoms. The fraction of sp³-hybridized carbons (Fsp3) is 0.167. The third-order valence-corrected chi connectivity index (χ3v) is 4.40. The van der Waals surface area contributed by atoms with E-state index >= 15 is 0 Å². The topological polar surface area (TPSA) is 78.4 Å². The standard InChI is InChI=1S/C18H16BrClN4O3/c1-25-16-9-17(26-2)24-18(23-16)27-15-4-3-7-21-14(15)10-22-13-6-5-11(20)8-12(13)19/h3-9,22H,10H2,1-2H3. The molecule has 1 N–H and O–H groups in total. The molecule has 9 heteroatoms. The molecule has 0 aliphatic carbocycles. The van der Waals surface area contributed by atoms with Crippen LogP contribution in [-0.2, 0) is 6.54 Å². The number of anilines is 1. The highest BCUT2D eigenvalue weighted by molar-refractivity contribution is 9.10. The molecule has 0 atom stereocenters. The Morgan fingerprint density at radius 3 is 2.48 bits per heavy atom. The molecule has 0 fully saturated rings. The molecule has 140 valence electrons. The Labute approximate surface area is 169 Å². The number of pyridine rings is 1. The van der Waals surface area contributed by atoms with E-state index in [2.05, 4.69) is 36.2 Å². The summed E-state index contributed by atoms with van der Waals surface area (Å²) in [5.41, 5.74) is 1.57. The Bertz CT molecular complexity index is 920. The van der Waals surface area contributed by atoms with Gasteiger partial charge in [0.15, 0.2) is 5.75 Å². The van der Waals surface area contributed by atoms with Crippen LogP contribution in [0.1, 0.15) is 5.69 Å². The second-order valence-electron chi connectivity index (χ2n) is 5.26. The average molecular weight is 452 g/mol. The Balaban J connectivity index is 1.80. The van der Waals surface area contributed by atoms with E-state index in [9.17, 15) is 0 Å². The Morgan fingerprint density at radius 1 is 1.07 bits per heavy atom. The van der Waals surface area contributed by atoms with Gasteiger partial charge in [0.05, 0.1) is 26.8 Å². The van der Waals surface area contributed by atoms with Gasteiger partial charge in [-0.1, -0.05) is 11.6 Å². The van der Waals surface area contributed by atoms with E-state index in [-0.39, 0.29) is 6.01 Å². The largest absolute Gasteiger partial charge is 0.481 e. The summed E-state index contributed by atoms with van der Waals surface area (Å²) >= 11 is 9.45. The summed E-state index contributed by atoms with van der Waals surface area (Å²) in [5.74, 6) is 1.20. The molecule has 0 radical (unpaired) electrons. The Kier molecular flexibility index (Phi) is 6.31. The fourth-order valence-electron chi connectivity index (χ4n) is 2.20. The second-order valence-corrected chi connectivity index (χ2v) is 6.55. The molecule has 2 heterocycles. The molecule has 27 heavy (non-hydrogen) atoms. The van der Waals surface area contributed by atoms with Gasteiger partial charge in [-0.15, -0.1) is 0 Å². The van der Waals surface area contributed by atoms with Gasteiger partial charge in [-0.3, -0.25) is 4.98 Å². The predicted octanol–water partition coefficient (Wildman–Crippen LogP) is 4.71. The van der Waals surface area contributed by atoms with E-state index in [0.717, 1.165) is 10.2 Å². The lowest BCUT2D eigenvalue weighted by Gasteiger charge is -2.12. The van der Waals surface area contributed by atoms with Crippen LogP contribution in [0.4, 0.5) is 5.69 Å². The van der Waals surface area contributed by atoms with Gasteiger partial charge in [-0.2, -0.15) is 9.97 Å². The van der Waals surface area contributed by atoms with Gasteiger partial charge in [0.1, 0.15) is 5.69 Å². The van der Waals surface area contributed by atoms with Gasteiger partial charge in [0.25, 0.3) is 0 Å². The number of aromatic nitrogens is 3. The first-order valence-corrected chi connectivity index (χ1v) is 9.04. The molecule has 2 aromatic heterocycles. The highest BCUT2D eigenvalue weighted by Gasteiger charge is 2.12. The summed E-state index contributed by atoms with van der Waals surface area (Å²) in [6.45, 7) is 0.428. The van der Waals surface area contributed by atoms with E-state index in [1.165, 1.54) is 14.2 Å². The molecular weight excluding hydrogens is 436 g/mol. The van der Waals surface area contributed by atoms with Gasteiger partial charge >= 0.3 is 6.01 Å². The van der Waals surface area contributed by atoms with Gasteiger partial charge in [-0.05, 0) is 46.3 Å². The maximum Gasteiger partial charge on any atom is 0.328 e. The molecule has 1 aromatic carbocycles. The molecule has 0 aliphatic heterocycles. The third-order valence-electron chi connectivity index (χ3n) is 3.50. The maximum atomic E-state index is 5.97. The molecular formula is C18H16BrClN4O3. The van der Waals surface area contributed by atoms with Crippen molar-refractivity contribution in [2.75, 3.05) is 19.5 Å². The molecule has 0 amide bonds. The van der Waals surface area contributed by atoms with E-state index in [4.69, 9.17) is 25.8 Å². The monoisotopic (exact) mass is 450 g/mol. The minimum absolute atomic E-state index is 0.105. The van der Waals surface area contributed by atoms with Crippen molar-refractivity contribution in [2.24, 2.45) is 0 Å². The Morgan fingerprint density at radius 2 is 1.81 bits per heavy atom. The quantitative estimate of drug-likeness (QED) is 0.557. The lowest BCUT2D eigenvalue weighted by atomic mass is 10.3. The smallest absolute Gasteiger partial charge is 0.328 e. The molecule has 7 nitrogen and oxygen atoms in total. The van der Waals surface area contributed by atoms with Crippen LogP contribution < -0.4 is 19.5 Å². The predicted molar refractivity (Wildman–Crippen MR) is 106 cm³/mol. The number of nitrogens with zero attached hydrogens (tertiary/aromatic N) is 3. The van der Waals surface area contributed by atoms with Crippen LogP contribution in [-0.4, -0.2) is 29.2 Å². The van der Waals surface area contributed by atoms with Gasteiger partial charge in [0.2, 0.25) is 11.8 Å². The van der Waals surface area contributed by atoms with Crippen LogP contribution in [0.2, 0.25) is 5.02 Å². The average Bonchev–Trinajstić information content (AvgIpc) is 2.68. The third kappa shape index (κ3) is 4.99. The zero-order chi connectivity index (χ0) is 19.2. The van der Waals surface area contributed by atoms with Gasteiger partial charge in [-0.25, -0.2) is 0 Å². The molecule has 3 rings (SSSR count). The van der Waals surface area contributed by atoms with Crippen LogP contribution in [0.25, 0.3) is 0 Å². The van der Waals surface area contributed by atoms with Crippen LogP contribution in [0.3, 0.4) is 0 Å². The van der Waals surface area contributed by atoms with Crippen LogP contribution in [0.15, 0.2) is 47.1 Å². The normalized spacial score (nSPS) is 10.4. The van der Waals surface area contributed by atoms with Crippen LogP contribution in [0.5, 0.6) is 23.5 Å². The lowest BCUT2D eigenvalue weighted by molar-refractivity contribution is 0.347. The molecule has 0 bridgehead atoms. The first kappa shape index (κ1) is 19.2. The summed E-state index contributed by atoms with van der Waals surface area (Å²) in [6.07, 6.45) is 1.69. The molecule has 0 aliphatic rings. The first-order valence-electron chi connectivity index (χ1n) is 7.87. The van der Waals surface area contributed by atoms with Crippen LogP contribution in [0, 0.1) is 0 Å². The number of nitrogens with one attached hydrogen (secondary N) is 1. The van der Waals surface area contributed by atoms with E-state index in [0.29, 0.717) is 34.8 Å². The van der Waals surface area contributed by atoms with Crippen molar-refractivity contribution in [3.05, 3.63) is 57.8 Å². The zero-order valence-electron chi connectivity index (χ0n) is 14.6. The molecule has 0 unspecified atom stereocenters. The SMILES string of the molecule is COc1cc(OC)nc(Oc2cccnc2CNc2ccc(Cl)cc2Br)n1. The summed E-state index contributed by atoms with van der Waals surface area (Å²) in [6, 6.07) is 10.7. The fourth-order valence-corrected chi connectivity index (χ4v) is 3.02. The highest BCUT2D eigenvalue weighted by Crippen LogP contribution is 2.28. The van der Waals surface area contributed by atoms with Gasteiger partial charge < -0.3 is 19.5 Å². The zero-order valence-corrected chi connectivity index (χ0v) is 16.9. The van der Waals surface area contributed by atoms with Crippen molar-refractivity contribution >= 4 is 33.2 Å². The molecule has 3 aromatic rings. The van der Waals surface area contributed by atoms with Crippen molar-refractivity contribution in [2.45, 2.75) is 6.54 Å². The van der Waals surface area contributed by atoms with E-state index in [1.54, 1.807) is 30.5 Å². The van der Waals surface area contributed by atoms with Gasteiger partial charge in [0, 0.05) is 21.4 Å². The number of hydrogen-bond acceptors (Lipinski definition) is 7. The highest BCUT2D eigenvalue weighted by atomic mass is 79.9. The molecule has 0 saturated heterocycles. The van der Waals surface area contributed by atoms with Crippen molar-refractivity contribution in [3.63, 3.8) is 0 Å². The van der Waals surface area contributed by atoms with Crippen LogP contribution >= 0.6 is 27.5 Å². The number of methoxy groups -OCH3 is 2. The summed E-state index contributed by atoms with van der Waals surface area (Å²) in [4.78, 5) is 12.7. The number of ether oxygens (including phenoxy) is 3. The number of rotatable bonds is 7. The lowest BCUT2D eigenvalue weighted by Crippen LogP contribution is -2.05. The first-order chi connectivity index (χ1) is 13.1. The summed E-state index contributed by atoms with van der Waals surface area (Å²) in [7, 11) is 3.02. The summed E-state index contributed by atoms with van der Waals surface area (Å²) in [5, 5.41) is 3.94. The maximum absolute atomic E-state index is 5.97. The summed E-state index contributed by atoms with van der Waals surface area (Å²) < 4.78 is 16.9. The minimum atomic E-state index is 0.105. The van der Waals surface area contributed by atoms with Crippen molar-refractivity contribution in [1.29, 1.82) is 0 Å². The van der Waals surface area contributed by atoms with Crippen molar-refractivity contribution < 1.29 is 14.2 Å². The van der Waals surface area contributed by atoms with Crippen molar-refractivity contribution in [3.8, 4) is 23.5 Å². The Hall–Kier alpha value is -2.58.